The standard InChI is InChI=1S/C12H22N2O3/c1-4-6-13-11(15)9(2)14-8-12(16)5-7-17-10(12)3/h4,9-10,14,16H,1,5-8H2,2-3H3,(H,13,15). The van der Waals surface area contributed by atoms with Gasteiger partial charge in [-0.2, -0.15) is 0 Å². The summed E-state index contributed by atoms with van der Waals surface area (Å²) >= 11 is 0. The molecule has 1 amide bonds. The maximum Gasteiger partial charge on any atom is 0.237 e. The molecule has 1 saturated heterocycles. The fraction of sp³-hybridized carbons (Fsp3) is 0.750. The summed E-state index contributed by atoms with van der Waals surface area (Å²) in [5, 5.41) is 16.0. The molecule has 3 N–H and O–H groups in total. The van der Waals surface area contributed by atoms with Crippen molar-refractivity contribution < 1.29 is 14.6 Å². The van der Waals surface area contributed by atoms with Crippen LogP contribution in [0.25, 0.3) is 0 Å². The molecule has 0 aromatic rings. The van der Waals surface area contributed by atoms with Crippen molar-refractivity contribution in [3.05, 3.63) is 12.7 Å². The smallest absolute Gasteiger partial charge is 0.237 e. The molecule has 0 spiro atoms. The van der Waals surface area contributed by atoms with Gasteiger partial charge in [0.2, 0.25) is 5.91 Å². The molecule has 5 nitrogen and oxygen atoms in total. The molecule has 98 valence electrons. The number of hydrogen-bond acceptors (Lipinski definition) is 4. The van der Waals surface area contributed by atoms with Crippen LogP contribution in [0, 0.1) is 0 Å². The summed E-state index contributed by atoms with van der Waals surface area (Å²) in [6.07, 6.45) is 2.03. The fourth-order valence-electron chi connectivity index (χ4n) is 1.75. The van der Waals surface area contributed by atoms with Gasteiger partial charge in [-0.1, -0.05) is 6.08 Å². The lowest BCUT2D eigenvalue weighted by Crippen LogP contribution is -2.51. The largest absolute Gasteiger partial charge is 0.386 e. The highest BCUT2D eigenvalue weighted by Crippen LogP contribution is 2.24. The molecule has 1 aliphatic rings. The second kappa shape index (κ2) is 6.14. The number of aliphatic hydroxyl groups is 1. The predicted molar refractivity (Wildman–Crippen MR) is 65.7 cm³/mol. The average Bonchev–Trinajstić information content (AvgIpc) is 2.64. The van der Waals surface area contributed by atoms with Crippen LogP contribution in [0.3, 0.4) is 0 Å². The Bertz CT molecular complexity index is 283. The van der Waals surface area contributed by atoms with Crippen LogP contribution in [0.2, 0.25) is 0 Å². The molecule has 1 fully saturated rings. The lowest BCUT2D eigenvalue weighted by Gasteiger charge is -2.27. The van der Waals surface area contributed by atoms with E-state index in [-0.39, 0.29) is 18.1 Å². The topological polar surface area (TPSA) is 70.6 Å². The number of rotatable bonds is 6. The van der Waals surface area contributed by atoms with E-state index < -0.39 is 5.60 Å². The quantitative estimate of drug-likeness (QED) is 0.564. The van der Waals surface area contributed by atoms with Gasteiger partial charge >= 0.3 is 0 Å². The van der Waals surface area contributed by atoms with Gasteiger partial charge in [0.25, 0.3) is 0 Å². The van der Waals surface area contributed by atoms with Crippen molar-refractivity contribution in [2.75, 3.05) is 19.7 Å². The molecule has 17 heavy (non-hydrogen) atoms. The first-order valence-electron chi connectivity index (χ1n) is 5.95. The Hall–Kier alpha value is -0.910. The minimum absolute atomic E-state index is 0.0972. The Kier molecular flexibility index (Phi) is 5.11. The van der Waals surface area contributed by atoms with Crippen LogP contribution in [-0.4, -0.2) is 48.5 Å². The molecule has 0 aromatic carbocycles. The van der Waals surface area contributed by atoms with Crippen LogP contribution < -0.4 is 10.6 Å². The fourth-order valence-corrected chi connectivity index (χ4v) is 1.75. The Morgan fingerprint density at radius 1 is 1.76 bits per heavy atom. The zero-order valence-corrected chi connectivity index (χ0v) is 10.5. The van der Waals surface area contributed by atoms with Gasteiger partial charge in [-0.15, -0.1) is 6.58 Å². The zero-order valence-electron chi connectivity index (χ0n) is 10.5. The van der Waals surface area contributed by atoms with Gasteiger partial charge in [0.05, 0.1) is 12.1 Å². The third-order valence-electron chi connectivity index (χ3n) is 3.19. The first kappa shape index (κ1) is 14.2. The number of nitrogens with one attached hydrogen (secondary N) is 2. The third-order valence-corrected chi connectivity index (χ3v) is 3.19. The van der Waals surface area contributed by atoms with E-state index in [1.807, 2.05) is 6.92 Å². The molecule has 0 bridgehead atoms. The molecule has 3 atom stereocenters. The molecule has 0 aromatic heterocycles. The van der Waals surface area contributed by atoms with Crippen molar-refractivity contribution in [1.82, 2.24) is 10.6 Å². The van der Waals surface area contributed by atoms with E-state index in [1.54, 1.807) is 13.0 Å². The zero-order chi connectivity index (χ0) is 12.9. The molecule has 1 heterocycles. The molecule has 3 unspecified atom stereocenters. The van der Waals surface area contributed by atoms with E-state index in [2.05, 4.69) is 17.2 Å². The summed E-state index contributed by atoms with van der Waals surface area (Å²) in [5.41, 5.74) is -0.868. The van der Waals surface area contributed by atoms with Gasteiger partial charge in [0.1, 0.15) is 5.60 Å². The highest BCUT2D eigenvalue weighted by molar-refractivity contribution is 5.81. The normalized spacial score (nSPS) is 29.9. The van der Waals surface area contributed by atoms with Crippen molar-refractivity contribution in [3.63, 3.8) is 0 Å². The first-order chi connectivity index (χ1) is 7.99. The molecule has 0 saturated carbocycles. The van der Waals surface area contributed by atoms with Gasteiger partial charge in [-0.25, -0.2) is 0 Å². The van der Waals surface area contributed by atoms with Gasteiger partial charge in [0.15, 0.2) is 0 Å². The summed E-state index contributed by atoms with van der Waals surface area (Å²) in [7, 11) is 0. The third kappa shape index (κ3) is 3.80. The van der Waals surface area contributed by atoms with Crippen molar-refractivity contribution in [2.45, 2.75) is 38.0 Å². The summed E-state index contributed by atoms with van der Waals surface area (Å²) in [4.78, 5) is 11.6. The van der Waals surface area contributed by atoms with E-state index in [9.17, 15) is 9.90 Å². The average molecular weight is 242 g/mol. The molecule has 0 aliphatic carbocycles. The van der Waals surface area contributed by atoms with E-state index in [0.717, 1.165) is 0 Å². The SMILES string of the molecule is C=CCNC(=O)C(C)NCC1(O)CCOC1C. The van der Waals surface area contributed by atoms with Gasteiger partial charge in [-0.3, -0.25) is 4.79 Å². The minimum Gasteiger partial charge on any atom is -0.386 e. The maximum absolute atomic E-state index is 11.6. The predicted octanol–water partition coefficient (Wildman–Crippen LogP) is -0.193. The lowest BCUT2D eigenvalue weighted by atomic mass is 9.96. The number of carbonyl (C=O) groups is 1. The summed E-state index contributed by atoms with van der Waals surface area (Å²) in [6, 6.07) is -0.341. The van der Waals surface area contributed by atoms with Crippen LogP contribution in [0.15, 0.2) is 12.7 Å². The van der Waals surface area contributed by atoms with Crippen LogP contribution in [0.1, 0.15) is 20.3 Å². The van der Waals surface area contributed by atoms with E-state index >= 15 is 0 Å². The lowest BCUT2D eigenvalue weighted by molar-refractivity contribution is -0.122. The van der Waals surface area contributed by atoms with Crippen LogP contribution in [0.5, 0.6) is 0 Å². The van der Waals surface area contributed by atoms with Crippen molar-refractivity contribution in [2.24, 2.45) is 0 Å². The van der Waals surface area contributed by atoms with Crippen molar-refractivity contribution >= 4 is 5.91 Å². The van der Waals surface area contributed by atoms with E-state index in [1.165, 1.54) is 0 Å². The van der Waals surface area contributed by atoms with Crippen molar-refractivity contribution in [3.8, 4) is 0 Å². The summed E-state index contributed by atoms with van der Waals surface area (Å²) in [5.74, 6) is -0.0972. The molecule has 1 rings (SSSR count). The molecular formula is C12H22N2O3. The summed E-state index contributed by atoms with van der Waals surface area (Å²) in [6.45, 7) is 8.52. The number of ether oxygens (including phenoxy) is 1. The maximum atomic E-state index is 11.6. The molecule has 0 radical (unpaired) electrons. The highest BCUT2D eigenvalue weighted by Gasteiger charge is 2.39. The van der Waals surface area contributed by atoms with Crippen molar-refractivity contribution in [1.29, 1.82) is 0 Å². The van der Waals surface area contributed by atoms with E-state index in [4.69, 9.17) is 4.74 Å². The van der Waals surface area contributed by atoms with Crippen LogP contribution in [-0.2, 0) is 9.53 Å². The Labute approximate surface area is 102 Å². The second-order valence-corrected chi connectivity index (χ2v) is 4.50. The number of carbonyl (C=O) groups excluding carboxylic acids is 1. The number of amides is 1. The Balaban J connectivity index is 2.34. The van der Waals surface area contributed by atoms with Crippen LogP contribution in [0.4, 0.5) is 0 Å². The Morgan fingerprint density at radius 2 is 2.47 bits per heavy atom. The Morgan fingerprint density at radius 3 is 3.00 bits per heavy atom. The van der Waals surface area contributed by atoms with Gasteiger partial charge < -0.3 is 20.5 Å². The molecule has 5 heteroatoms. The first-order valence-corrected chi connectivity index (χ1v) is 5.95. The van der Waals surface area contributed by atoms with Gasteiger partial charge in [-0.05, 0) is 13.8 Å². The molecule has 1 aliphatic heterocycles. The van der Waals surface area contributed by atoms with Gasteiger partial charge in [0, 0.05) is 26.1 Å². The van der Waals surface area contributed by atoms with E-state index in [0.29, 0.717) is 26.1 Å². The second-order valence-electron chi connectivity index (χ2n) is 4.50. The monoisotopic (exact) mass is 242 g/mol. The highest BCUT2D eigenvalue weighted by atomic mass is 16.5. The minimum atomic E-state index is -0.868. The van der Waals surface area contributed by atoms with Crippen LogP contribution >= 0.6 is 0 Å². The molecular weight excluding hydrogens is 220 g/mol. The summed E-state index contributed by atoms with van der Waals surface area (Å²) < 4.78 is 5.32. The number of hydrogen-bond donors (Lipinski definition) is 3.